The first-order chi connectivity index (χ1) is 16.4. The normalized spacial score (nSPS) is 18.0. The van der Waals surface area contributed by atoms with Crippen molar-refractivity contribution < 1.29 is 14.7 Å². The van der Waals surface area contributed by atoms with Crippen LogP contribution < -0.4 is 0 Å². The van der Waals surface area contributed by atoms with Gasteiger partial charge in [0, 0.05) is 52.7 Å². The van der Waals surface area contributed by atoms with Crippen molar-refractivity contribution in [2.45, 2.75) is 45.1 Å². The monoisotopic (exact) mass is 455 g/mol. The number of nitrogens with one attached hydrogen (secondary N) is 1. The van der Waals surface area contributed by atoms with E-state index in [0.29, 0.717) is 24.9 Å². The summed E-state index contributed by atoms with van der Waals surface area (Å²) >= 11 is 0. The Kier molecular flexibility index (Phi) is 5.52. The molecule has 0 spiro atoms. The summed E-state index contributed by atoms with van der Waals surface area (Å²) < 4.78 is 2.17. The van der Waals surface area contributed by atoms with Gasteiger partial charge in [0.05, 0.1) is 5.54 Å². The van der Waals surface area contributed by atoms with Crippen LogP contribution in [0.15, 0.2) is 66.9 Å². The van der Waals surface area contributed by atoms with E-state index in [0.717, 1.165) is 40.0 Å². The Labute approximate surface area is 198 Å². The van der Waals surface area contributed by atoms with Crippen LogP contribution in [-0.2, 0) is 6.42 Å². The van der Waals surface area contributed by atoms with E-state index in [9.17, 15) is 14.7 Å². The molecule has 4 aromatic rings. The zero-order valence-electron chi connectivity index (χ0n) is 19.5. The second-order valence-electron chi connectivity index (χ2n) is 9.41. The van der Waals surface area contributed by atoms with Crippen molar-refractivity contribution in [3.63, 3.8) is 0 Å². The van der Waals surface area contributed by atoms with Gasteiger partial charge >= 0.3 is 6.09 Å². The Morgan fingerprint density at radius 3 is 2.47 bits per heavy atom. The molecule has 1 saturated heterocycles. The first-order valence-electron chi connectivity index (χ1n) is 11.7. The van der Waals surface area contributed by atoms with Crippen molar-refractivity contribution in [3.8, 4) is 5.69 Å². The van der Waals surface area contributed by atoms with Gasteiger partial charge in [0.15, 0.2) is 5.78 Å². The molecular formula is C28H29N3O3. The zero-order valence-corrected chi connectivity index (χ0v) is 19.5. The van der Waals surface area contributed by atoms with Gasteiger partial charge < -0.3 is 19.6 Å². The molecule has 0 bridgehead atoms. The number of carboxylic acid groups (broad SMARTS) is 1. The summed E-state index contributed by atoms with van der Waals surface area (Å²) in [6, 6.07) is 20.1. The van der Waals surface area contributed by atoms with Crippen LogP contribution in [-0.4, -0.2) is 43.5 Å². The van der Waals surface area contributed by atoms with Crippen LogP contribution in [0.2, 0.25) is 0 Å². The lowest BCUT2D eigenvalue weighted by atomic mass is 9.82. The summed E-state index contributed by atoms with van der Waals surface area (Å²) in [6.45, 7) is 4.59. The average Bonchev–Trinajstić information content (AvgIpc) is 3.51. The molecule has 5 rings (SSSR count). The number of Topliss-reactive ketones (excluding diaryl/α,β-unsaturated/α-hetero) is 1. The minimum absolute atomic E-state index is 0.0339. The minimum atomic E-state index is -0.957. The first-order valence-corrected chi connectivity index (χ1v) is 11.7. The number of likely N-dealkylation sites (tertiary alicyclic amines) is 1. The second kappa shape index (κ2) is 8.52. The molecular weight excluding hydrogens is 426 g/mol. The van der Waals surface area contributed by atoms with E-state index in [2.05, 4.69) is 35.5 Å². The maximum atomic E-state index is 13.7. The van der Waals surface area contributed by atoms with E-state index in [4.69, 9.17) is 0 Å². The van der Waals surface area contributed by atoms with E-state index >= 15 is 0 Å². The third-order valence-electron chi connectivity index (χ3n) is 7.19. The summed E-state index contributed by atoms with van der Waals surface area (Å²) in [6.07, 6.45) is 2.93. The Morgan fingerprint density at radius 2 is 1.76 bits per heavy atom. The highest BCUT2D eigenvalue weighted by atomic mass is 16.4. The van der Waals surface area contributed by atoms with E-state index < -0.39 is 11.6 Å². The molecule has 1 aliphatic heterocycles. The minimum Gasteiger partial charge on any atom is -0.465 e. The molecule has 3 heterocycles. The van der Waals surface area contributed by atoms with Gasteiger partial charge in [-0.2, -0.15) is 0 Å². The smallest absolute Gasteiger partial charge is 0.407 e. The van der Waals surface area contributed by atoms with Crippen molar-refractivity contribution in [1.29, 1.82) is 0 Å². The molecule has 174 valence electrons. The lowest BCUT2D eigenvalue weighted by Gasteiger charge is -2.36. The zero-order chi connectivity index (χ0) is 23.9. The highest BCUT2D eigenvalue weighted by Gasteiger charge is 2.45. The quantitative estimate of drug-likeness (QED) is 0.355. The lowest BCUT2D eigenvalue weighted by molar-refractivity contribution is 0.0777. The number of aromatic nitrogens is 2. The number of fused-ring (bicyclic) bond motifs is 1. The molecule has 1 aliphatic rings. The van der Waals surface area contributed by atoms with Crippen LogP contribution in [0.25, 0.3) is 16.6 Å². The van der Waals surface area contributed by atoms with Gasteiger partial charge in [0.2, 0.25) is 0 Å². The van der Waals surface area contributed by atoms with Crippen LogP contribution in [0, 0.1) is 13.8 Å². The van der Waals surface area contributed by atoms with Gasteiger partial charge in [-0.3, -0.25) is 4.79 Å². The number of carbonyl (C=O) groups excluding carboxylic acids is 1. The maximum Gasteiger partial charge on any atom is 0.407 e. The molecule has 0 radical (unpaired) electrons. The highest BCUT2D eigenvalue weighted by Crippen LogP contribution is 2.38. The maximum absolute atomic E-state index is 13.7. The van der Waals surface area contributed by atoms with Crippen LogP contribution in [0.3, 0.4) is 0 Å². The fourth-order valence-corrected chi connectivity index (χ4v) is 5.59. The van der Waals surface area contributed by atoms with Gasteiger partial charge in [0.25, 0.3) is 0 Å². The fourth-order valence-electron chi connectivity index (χ4n) is 5.59. The first kappa shape index (κ1) is 22.0. The molecule has 2 aromatic heterocycles. The van der Waals surface area contributed by atoms with E-state index in [1.54, 1.807) is 6.20 Å². The number of aryl methyl sites for hydroxylation is 2. The Balaban J connectivity index is 1.52. The molecule has 1 fully saturated rings. The van der Waals surface area contributed by atoms with Gasteiger partial charge in [-0.25, -0.2) is 4.79 Å². The number of carbonyl (C=O) groups is 2. The highest BCUT2D eigenvalue weighted by molar-refractivity contribution is 6.08. The summed E-state index contributed by atoms with van der Waals surface area (Å²) in [4.78, 5) is 30.6. The number of hydrogen-bond donors (Lipinski definition) is 2. The van der Waals surface area contributed by atoms with Crippen molar-refractivity contribution in [2.75, 3.05) is 6.54 Å². The molecule has 0 aliphatic carbocycles. The summed E-state index contributed by atoms with van der Waals surface area (Å²) in [5, 5.41) is 10.8. The van der Waals surface area contributed by atoms with Gasteiger partial charge in [-0.15, -0.1) is 0 Å². The summed E-state index contributed by atoms with van der Waals surface area (Å²) in [5.74, 6) is -0.0339. The van der Waals surface area contributed by atoms with Crippen molar-refractivity contribution in [2.24, 2.45) is 0 Å². The number of aromatic amines is 1. The van der Waals surface area contributed by atoms with Crippen LogP contribution in [0.1, 0.15) is 46.6 Å². The largest absolute Gasteiger partial charge is 0.465 e. The van der Waals surface area contributed by atoms with Gasteiger partial charge in [-0.1, -0.05) is 30.3 Å². The number of amides is 1. The van der Waals surface area contributed by atoms with E-state index in [1.807, 2.05) is 48.5 Å². The molecule has 1 atom stereocenters. The molecule has 1 amide bonds. The summed E-state index contributed by atoms with van der Waals surface area (Å²) in [5.41, 5.74) is 5.09. The standard InChI is InChI=1S/C28H29N3O3/c1-19-9-10-20(2)31(19)22-11-12-25-23(15-22)24(18-29-25)26(32)17-28(13-6-14-30(28)27(33)34)16-21-7-4-3-5-8-21/h3-5,7-12,15,18,29H,6,13-14,16-17H2,1-2H3,(H,33,34)/t28-/m0/s1. The molecule has 0 unspecified atom stereocenters. The number of benzene rings is 2. The van der Waals surface area contributed by atoms with Crippen LogP contribution >= 0.6 is 0 Å². The number of hydrogen-bond acceptors (Lipinski definition) is 2. The third-order valence-corrected chi connectivity index (χ3v) is 7.19. The third kappa shape index (κ3) is 3.79. The van der Waals surface area contributed by atoms with E-state index in [1.165, 1.54) is 4.90 Å². The van der Waals surface area contributed by atoms with Crippen molar-refractivity contribution in [3.05, 3.63) is 89.4 Å². The van der Waals surface area contributed by atoms with Crippen LogP contribution in [0.5, 0.6) is 0 Å². The second-order valence-corrected chi connectivity index (χ2v) is 9.41. The van der Waals surface area contributed by atoms with Gasteiger partial charge in [-0.05, 0) is 69.0 Å². The predicted octanol–water partition coefficient (Wildman–Crippen LogP) is 5.90. The summed E-state index contributed by atoms with van der Waals surface area (Å²) in [7, 11) is 0. The molecule has 2 N–H and O–H groups in total. The fraction of sp³-hybridized carbons (Fsp3) is 0.286. The molecule has 0 saturated carbocycles. The average molecular weight is 456 g/mol. The van der Waals surface area contributed by atoms with Crippen LogP contribution in [0.4, 0.5) is 4.79 Å². The Hall–Kier alpha value is -3.80. The molecule has 6 nitrogen and oxygen atoms in total. The molecule has 34 heavy (non-hydrogen) atoms. The predicted molar refractivity (Wildman–Crippen MR) is 133 cm³/mol. The number of rotatable bonds is 6. The topological polar surface area (TPSA) is 78.3 Å². The Morgan fingerprint density at radius 1 is 1.03 bits per heavy atom. The number of nitrogens with zero attached hydrogens (tertiary/aromatic N) is 2. The number of H-pyrrole nitrogens is 1. The Bertz CT molecular complexity index is 1350. The van der Waals surface area contributed by atoms with E-state index in [-0.39, 0.29) is 12.2 Å². The van der Waals surface area contributed by atoms with Crippen molar-refractivity contribution >= 4 is 22.8 Å². The lowest BCUT2D eigenvalue weighted by Crippen LogP contribution is -2.49. The van der Waals surface area contributed by atoms with Crippen molar-refractivity contribution in [1.82, 2.24) is 14.5 Å². The number of ketones is 1. The molecule has 6 heteroatoms. The molecule has 2 aromatic carbocycles. The van der Waals surface area contributed by atoms with Gasteiger partial charge in [0.1, 0.15) is 0 Å². The SMILES string of the molecule is Cc1ccc(C)n1-c1ccc2[nH]cc(C(=O)C[C@@]3(Cc4ccccc4)CCCN3C(=O)O)c2c1.